The molecule has 0 aliphatic rings. The van der Waals surface area contributed by atoms with E-state index in [1.54, 1.807) is 14.0 Å². The molecule has 0 fully saturated rings. The summed E-state index contributed by atoms with van der Waals surface area (Å²) in [7, 11) is 1.59. The molecular formula is C13H17N5O3. The number of benzene rings is 1. The fourth-order valence-electron chi connectivity index (χ4n) is 1.67. The molecule has 0 aliphatic carbocycles. The summed E-state index contributed by atoms with van der Waals surface area (Å²) in [6.45, 7) is 1.80. The number of nitrogens with zero attached hydrogens (tertiary/aromatic N) is 4. The molecule has 2 N–H and O–H groups in total. The van der Waals surface area contributed by atoms with Gasteiger partial charge in [-0.25, -0.2) is 4.79 Å². The minimum atomic E-state index is -1.05. The first-order chi connectivity index (χ1) is 10.1. The van der Waals surface area contributed by atoms with Gasteiger partial charge in [0.15, 0.2) is 0 Å². The Hall–Kier alpha value is -2.48. The highest BCUT2D eigenvalue weighted by Gasteiger charge is 2.23. The molecule has 8 nitrogen and oxygen atoms in total. The molecule has 1 aromatic carbocycles. The lowest BCUT2D eigenvalue weighted by Crippen LogP contribution is -2.37. The number of aryl methyl sites for hydroxylation is 1. The van der Waals surface area contributed by atoms with E-state index in [4.69, 9.17) is 4.74 Å². The minimum absolute atomic E-state index is 0.147. The maximum absolute atomic E-state index is 11.7. The van der Waals surface area contributed by atoms with Gasteiger partial charge in [-0.1, -0.05) is 30.3 Å². The first kappa shape index (κ1) is 14.9. The third-order valence-electron chi connectivity index (χ3n) is 2.82. The summed E-state index contributed by atoms with van der Waals surface area (Å²) in [5, 5.41) is 23.7. The Kier molecular flexibility index (Phi) is 4.83. The Morgan fingerprint density at radius 2 is 2.14 bits per heavy atom. The van der Waals surface area contributed by atoms with Gasteiger partial charge in [-0.15, -0.1) is 10.2 Å². The minimum Gasteiger partial charge on any atom is -0.445 e. The van der Waals surface area contributed by atoms with Crippen molar-refractivity contribution in [2.75, 3.05) is 0 Å². The third kappa shape index (κ3) is 4.25. The maximum atomic E-state index is 11.7. The molecule has 1 amide bonds. The number of aliphatic hydroxyl groups is 1. The van der Waals surface area contributed by atoms with Crippen molar-refractivity contribution in [3.05, 3.63) is 41.7 Å². The predicted octanol–water partition coefficient (Wildman–Crippen LogP) is 0.558. The van der Waals surface area contributed by atoms with Gasteiger partial charge in [0.2, 0.25) is 5.82 Å². The van der Waals surface area contributed by atoms with Crippen LogP contribution in [0.4, 0.5) is 4.79 Å². The number of alkyl carbamates (subject to hydrolysis) is 1. The molecule has 2 rings (SSSR count). The van der Waals surface area contributed by atoms with Crippen molar-refractivity contribution in [1.29, 1.82) is 0 Å². The van der Waals surface area contributed by atoms with Crippen LogP contribution in [0.1, 0.15) is 24.4 Å². The number of carbonyl (C=O) groups excluding carboxylic acids is 1. The first-order valence-electron chi connectivity index (χ1n) is 6.45. The highest BCUT2D eigenvalue weighted by atomic mass is 16.5. The van der Waals surface area contributed by atoms with Crippen LogP contribution in [0.5, 0.6) is 0 Å². The molecule has 0 radical (unpaired) electrons. The van der Waals surface area contributed by atoms with Crippen LogP contribution < -0.4 is 5.32 Å². The molecule has 0 bridgehead atoms. The number of hydrogen-bond donors (Lipinski definition) is 2. The number of carbonyl (C=O) groups is 1. The van der Waals surface area contributed by atoms with Gasteiger partial charge < -0.3 is 15.2 Å². The molecule has 0 aliphatic heterocycles. The van der Waals surface area contributed by atoms with Gasteiger partial charge in [-0.05, 0) is 17.7 Å². The van der Waals surface area contributed by atoms with Crippen LogP contribution in [0.3, 0.4) is 0 Å². The average Bonchev–Trinajstić information content (AvgIpc) is 2.92. The molecule has 0 spiro atoms. The summed E-state index contributed by atoms with van der Waals surface area (Å²) >= 11 is 0. The van der Waals surface area contributed by atoms with Crippen molar-refractivity contribution in [3.8, 4) is 0 Å². The van der Waals surface area contributed by atoms with Crippen LogP contribution in [0.15, 0.2) is 30.3 Å². The van der Waals surface area contributed by atoms with E-state index in [9.17, 15) is 9.90 Å². The monoisotopic (exact) mass is 291 g/mol. The van der Waals surface area contributed by atoms with E-state index in [0.717, 1.165) is 5.56 Å². The SMILES string of the molecule is C[C@H](NC(=O)OCc1ccccc1)[C@H](O)c1nnn(C)n1. The normalized spacial score (nSPS) is 13.5. The number of tetrazole rings is 1. The van der Waals surface area contributed by atoms with Gasteiger partial charge in [0, 0.05) is 0 Å². The van der Waals surface area contributed by atoms with Gasteiger partial charge in [0.25, 0.3) is 0 Å². The fraction of sp³-hybridized carbons (Fsp3) is 0.385. The van der Waals surface area contributed by atoms with Gasteiger partial charge in [-0.3, -0.25) is 0 Å². The maximum Gasteiger partial charge on any atom is 0.407 e. The van der Waals surface area contributed by atoms with Gasteiger partial charge in [0.1, 0.15) is 12.7 Å². The van der Waals surface area contributed by atoms with Crippen molar-refractivity contribution in [3.63, 3.8) is 0 Å². The summed E-state index contributed by atoms with van der Waals surface area (Å²) in [6.07, 6.45) is -1.67. The average molecular weight is 291 g/mol. The van der Waals surface area contributed by atoms with Crippen molar-refractivity contribution in [2.24, 2.45) is 7.05 Å². The summed E-state index contributed by atoms with van der Waals surface area (Å²) in [6, 6.07) is 8.73. The highest BCUT2D eigenvalue weighted by molar-refractivity contribution is 5.67. The smallest absolute Gasteiger partial charge is 0.407 e. The molecule has 0 unspecified atom stereocenters. The number of aliphatic hydroxyl groups excluding tert-OH is 1. The van der Waals surface area contributed by atoms with E-state index in [2.05, 4.69) is 20.7 Å². The van der Waals surface area contributed by atoms with Crippen LogP contribution in [0.2, 0.25) is 0 Å². The summed E-state index contributed by atoms with van der Waals surface area (Å²) in [4.78, 5) is 12.9. The molecule has 0 saturated heterocycles. The van der Waals surface area contributed by atoms with E-state index in [-0.39, 0.29) is 12.4 Å². The summed E-state index contributed by atoms with van der Waals surface area (Å²) in [5.41, 5.74) is 0.886. The Bertz CT molecular complexity index is 587. The zero-order valence-electron chi connectivity index (χ0n) is 11.8. The van der Waals surface area contributed by atoms with E-state index < -0.39 is 18.2 Å². The number of ether oxygens (including phenoxy) is 1. The number of rotatable bonds is 5. The third-order valence-corrected chi connectivity index (χ3v) is 2.82. The zero-order valence-corrected chi connectivity index (χ0v) is 11.8. The lowest BCUT2D eigenvalue weighted by Gasteiger charge is -2.17. The van der Waals surface area contributed by atoms with Crippen molar-refractivity contribution in [2.45, 2.75) is 25.7 Å². The highest BCUT2D eigenvalue weighted by Crippen LogP contribution is 2.11. The Balaban J connectivity index is 1.81. The van der Waals surface area contributed by atoms with Crippen LogP contribution in [0.25, 0.3) is 0 Å². The van der Waals surface area contributed by atoms with Crippen molar-refractivity contribution in [1.82, 2.24) is 25.5 Å². The standard InChI is InChI=1S/C13H17N5O3/c1-9(11(19)12-15-17-18(2)16-12)14-13(20)21-8-10-6-4-3-5-7-10/h3-7,9,11,19H,8H2,1-2H3,(H,14,20)/t9-,11-/m0/s1. The Labute approximate surface area is 121 Å². The largest absolute Gasteiger partial charge is 0.445 e. The van der Waals surface area contributed by atoms with Crippen LogP contribution >= 0.6 is 0 Å². The van der Waals surface area contributed by atoms with Gasteiger partial charge in [0.05, 0.1) is 13.1 Å². The second kappa shape index (κ2) is 6.80. The number of nitrogens with one attached hydrogen (secondary N) is 1. The lowest BCUT2D eigenvalue weighted by atomic mass is 10.2. The topological polar surface area (TPSA) is 102 Å². The quantitative estimate of drug-likeness (QED) is 0.834. The molecule has 1 heterocycles. The molecule has 112 valence electrons. The predicted molar refractivity (Wildman–Crippen MR) is 73.0 cm³/mol. The second-order valence-corrected chi connectivity index (χ2v) is 4.58. The van der Waals surface area contributed by atoms with Gasteiger partial charge in [-0.2, -0.15) is 4.80 Å². The lowest BCUT2D eigenvalue weighted by molar-refractivity contribution is 0.102. The molecule has 8 heteroatoms. The van der Waals surface area contributed by atoms with E-state index in [1.807, 2.05) is 30.3 Å². The van der Waals surface area contributed by atoms with Gasteiger partial charge >= 0.3 is 6.09 Å². The number of amides is 1. The summed E-state index contributed by atoms with van der Waals surface area (Å²) in [5.74, 6) is 0.147. The molecule has 2 atom stereocenters. The van der Waals surface area contributed by atoms with E-state index >= 15 is 0 Å². The Morgan fingerprint density at radius 3 is 2.76 bits per heavy atom. The van der Waals surface area contributed by atoms with E-state index in [0.29, 0.717) is 0 Å². The molecule has 0 saturated carbocycles. The molecular weight excluding hydrogens is 274 g/mol. The molecule has 21 heavy (non-hydrogen) atoms. The molecule has 1 aromatic heterocycles. The van der Waals surface area contributed by atoms with Crippen LogP contribution in [0, 0.1) is 0 Å². The summed E-state index contributed by atoms with van der Waals surface area (Å²) < 4.78 is 5.07. The second-order valence-electron chi connectivity index (χ2n) is 4.58. The number of aromatic nitrogens is 4. The van der Waals surface area contributed by atoms with Crippen LogP contribution in [-0.4, -0.2) is 37.4 Å². The fourth-order valence-corrected chi connectivity index (χ4v) is 1.67. The van der Waals surface area contributed by atoms with E-state index in [1.165, 1.54) is 4.80 Å². The van der Waals surface area contributed by atoms with Crippen molar-refractivity contribution < 1.29 is 14.6 Å². The van der Waals surface area contributed by atoms with Crippen LogP contribution in [-0.2, 0) is 18.4 Å². The Morgan fingerprint density at radius 1 is 1.43 bits per heavy atom. The number of hydrogen-bond acceptors (Lipinski definition) is 6. The molecule has 2 aromatic rings. The van der Waals surface area contributed by atoms with Crippen molar-refractivity contribution >= 4 is 6.09 Å². The zero-order chi connectivity index (χ0) is 15.2. The first-order valence-corrected chi connectivity index (χ1v) is 6.45.